The van der Waals surface area contributed by atoms with Crippen LogP contribution in [0.25, 0.3) is 0 Å². The van der Waals surface area contributed by atoms with Crippen molar-refractivity contribution in [2.45, 2.75) is 52.0 Å². The van der Waals surface area contributed by atoms with E-state index >= 15 is 0 Å². The third-order valence-corrected chi connectivity index (χ3v) is 2.39. The van der Waals surface area contributed by atoms with Crippen molar-refractivity contribution in [2.24, 2.45) is 5.92 Å². The summed E-state index contributed by atoms with van der Waals surface area (Å²) >= 11 is 0. The fourth-order valence-corrected chi connectivity index (χ4v) is 1.33. The summed E-state index contributed by atoms with van der Waals surface area (Å²) in [5.74, 6) is -4.01. The topological polar surface area (TPSA) is 133 Å². The van der Waals surface area contributed by atoms with Gasteiger partial charge in [-0.1, -0.05) is 13.8 Å². The van der Waals surface area contributed by atoms with Crippen molar-refractivity contribution in [1.82, 2.24) is 5.32 Å². The van der Waals surface area contributed by atoms with E-state index in [1.54, 1.807) is 13.8 Å². The van der Waals surface area contributed by atoms with E-state index in [-0.39, 0.29) is 13.5 Å². The van der Waals surface area contributed by atoms with Crippen LogP contribution in [0.2, 0.25) is 0 Å². The van der Waals surface area contributed by atoms with Crippen molar-refractivity contribution in [3.8, 4) is 0 Å². The van der Waals surface area contributed by atoms with Crippen LogP contribution in [0, 0.1) is 5.92 Å². The van der Waals surface area contributed by atoms with Gasteiger partial charge in [0, 0.05) is 0 Å². The van der Waals surface area contributed by atoms with Crippen LogP contribution < -0.4 is 5.32 Å². The first-order valence-electron chi connectivity index (χ1n) is 6.17. The fourth-order valence-electron chi connectivity index (χ4n) is 1.33. The van der Waals surface area contributed by atoms with E-state index in [4.69, 9.17) is 5.11 Å². The molecule has 0 aromatic heterocycles. The van der Waals surface area contributed by atoms with Gasteiger partial charge in [-0.05, 0) is 19.8 Å². The normalized spacial score (nSPS) is 14.9. The molecule has 124 valence electrons. The summed E-state index contributed by atoms with van der Waals surface area (Å²) in [4.78, 5) is 33.8. The molecule has 9 heteroatoms. The van der Waals surface area contributed by atoms with Gasteiger partial charge in [0.25, 0.3) is 5.91 Å². The molecule has 0 aromatic rings. The van der Waals surface area contributed by atoms with Gasteiger partial charge < -0.3 is 25.4 Å². The Balaban J connectivity index is 0. The van der Waals surface area contributed by atoms with Crippen LogP contribution in [0.3, 0.4) is 0 Å². The molecular formula is C12H23NO7S. The number of carbonyl (C=O) groups is 3. The Morgan fingerprint density at radius 2 is 1.48 bits per heavy atom. The number of aliphatic carboxylic acids is 1. The minimum Gasteiger partial charge on any atom is -0.480 e. The highest BCUT2D eigenvalue weighted by atomic mass is 32.1. The number of aliphatic hydroxyl groups is 2. The standard InChI is InChI=1S/C12H21NO7.H2S/c1-5(2)7(11(17)18)13-10(16)8(14)9(15)12(19)20-6(3)4;/h5-9,14-15H,1-4H3,(H,13,16)(H,17,18);1H2. The highest BCUT2D eigenvalue weighted by molar-refractivity contribution is 7.59. The minimum absolute atomic E-state index is 0. The number of rotatable bonds is 7. The summed E-state index contributed by atoms with van der Waals surface area (Å²) in [5, 5.41) is 29.9. The Morgan fingerprint density at radius 3 is 1.81 bits per heavy atom. The summed E-state index contributed by atoms with van der Waals surface area (Å²) in [5.41, 5.74) is 0. The Labute approximate surface area is 129 Å². The number of aliphatic hydroxyl groups excluding tert-OH is 2. The van der Waals surface area contributed by atoms with E-state index < -0.39 is 48.1 Å². The second-order valence-electron chi connectivity index (χ2n) is 4.94. The first-order valence-corrected chi connectivity index (χ1v) is 6.17. The molecule has 0 rings (SSSR count). The first-order chi connectivity index (χ1) is 9.07. The van der Waals surface area contributed by atoms with E-state index in [0.29, 0.717) is 0 Å². The average molecular weight is 325 g/mol. The number of nitrogens with one attached hydrogen (secondary N) is 1. The number of carboxylic acid groups (broad SMARTS) is 1. The average Bonchev–Trinajstić information content (AvgIpc) is 2.31. The summed E-state index contributed by atoms with van der Waals surface area (Å²) in [6.45, 7) is 6.20. The van der Waals surface area contributed by atoms with Crippen molar-refractivity contribution in [1.29, 1.82) is 0 Å². The van der Waals surface area contributed by atoms with Gasteiger partial charge >= 0.3 is 11.9 Å². The largest absolute Gasteiger partial charge is 0.480 e. The smallest absolute Gasteiger partial charge is 0.338 e. The number of esters is 1. The van der Waals surface area contributed by atoms with Crippen LogP contribution in [0.4, 0.5) is 0 Å². The predicted molar refractivity (Wildman–Crippen MR) is 78.0 cm³/mol. The van der Waals surface area contributed by atoms with Gasteiger partial charge in [-0.15, -0.1) is 0 Å². The van der Waals surface area contributed by atoms with Crippen LogP contribution in [-0.4, -0.2) is 57.5 Å². The zero-order chi connectivity index (χ0) is 16.0. The quantitative estimate of drug-likeness (QED) is 0.441. The Kier molecular flexibility index (Phi) is 10.0. The molecule has 0 radical (unpaired) electrons. The van der Waals surface area contributed by atoms with Crippen molar-refractivity contribution < 1.29 is 34.4 Å². The number of hydrogen-bond acceptors (Lipinski definition) is 6. The zero-order valence-corrected chi connectivity index (χ0v) is 13.4. The molecule has 0 spiro atoms. The molecule has 21 heavy (non-hydrogen) atoms. The maximum atomic E-state index is 11.6. The van der Waals surface area contributed by atoms with E-state index in [1.165, 1.54) is 13.8 Å². The fraction of sp³-hybridized carbons (Fsp3) is 0.750. The van der Waals surface area contributed by atoms with E-state index in [2.05, 4.69) is 4.74 Å². The number of hydrogen-bond donors (Lipinski definition) is 4. The van der Waals surface area contributed by atoms with Gasteiger partial charge in [0.1, 0.15) is 6.04 Å². The molecular weight excluding hydrogens is 302 g/mol. The highest BCUT2D eigenvalue weighted by Crippen LogP contribution is 2.05. The van der Waals surface area contributed by atoms with Crippen LogP contribution in [0.15, 0.2) is 0 Å². The second kappa shape index (κ2) is 9.59. The van der Waals surface area contributed by atoms with Crippen molar-refractivity contribution in [3.05, 3.63) is 0 Å². The molecule has 4 N–H and O–H groups in total. The van der Waals surface area contributed by atoms with Crippen LogP contribution in [0.5, 0.6) is 0 Å². The highest BCUT2D eigenvalue weighted by Gasteiger charge is 2.34. The molecule has 0 aliphatic rings. The van der Waals surface area contributed by atoms with Crippen LogP contribution >= 0.6 is 13.5 Å². The molecule has 3 unspecified atom stereocenters. The summed E-state index contributed by atoms with van der Waals surface area (Å²) in [6, 6.07) is -1.23. The first kappa shape index (κ1) is 22.0. The van der Waals surface area contributed by atoms with Gasteiger partial charge in [-0.2, -0.15) is 13.5 Å². The molecule has 0 fully saturated rings. The number of carbonyl (C=O) groups excluding carboxylic acids is 2. The van der Waals surface area contributed by atoms with Crippen molar-refractivity contribution in [2.75, 3.05) is 0 Å². The van der Waals surface area contributed by atoms with Gasteiger partial charge in [0.05, 0.1) is 6.10 Å². The molecule has 0 aliphatic carbocycles. The van der Waals surface area contributed by atoms with Gasteiger partial charge in [-0.3, -0.25) is 4.79 Å². The lowest BCUT2D eigenvalue weighted by Crippen LogP contribution is -2.52. The lowest BCUT2D eigenvalue weighted by Gasteiger charge is -2.22. The minimum atomic E-state index is -2.10. The molecule has 0 aromatic carbocycles. The third kappa shape index (κ3) is 7.30. The summed E-state index contributed by atoms with van der Waals surface area (Å²) in [7, 11) is 0. The number of amides is 1. The number of carboxylic acids is 1. The number of ether oxygens (including phenoxy) is 1. The van der Waals surface area contributed by atoms with Gasteiger partial charge in [-0.25, -0.2) is 9.59 Å². The molecule has 0 aliphatic heterocycles. The maximum absolute atomic E-state index is 11.6. The maximum Gasteiger partial charge on any atom is 0.338 e. The lowest BCUT2D eigenvalue weighted by molar-refractivity contribution is -0.167. The second-order valence-corrected chi connectivity index (χ2v) is 4.94. The van der Waals surface area contributed by atoms with E-state index in [0.717, 1.165) is 0 Å². The van der Waals surface area contributed by atoms with Crippen LogP contribution in [-0.2, 0) is 19.1 Å². The summed E-state index contributed by atoms with van der Waals surface area (Å²) in [6.07, 6.45) is -4.68. The summed E-state index contributed by atoms with van der Waals surface area (Å²) < 4.78 is 4.64. The third-order valence-electron chi connectivity index (χ3n) is 2.39. The molecule has 0 saturated carbocycles. The monoisotopic (exact) mass is 325 g/mol. The Morgan fingerprint density at radius 1 is 1.00 bits per heavy atom. The SMILES string of the molecule is CC(C)OC(=O)C(O)C(O)C(=O)NC(C(=O)O)C(C)C.S. The molecule has 0 saturated heterocycles. The molecule has 3 atom stereocenters. The van der Waals surface area contributed by atoms with E-state index in [1.807, 2.05) is 5.32 Å². The lowest BCUT2D eigenvalue weighted by atomic mass is 10.0. The van der Waals surface area contributed by atoms with Gasteiger partial charge in [0.2, 0.25) is 0 Å². The van der Waals surface area contributed by atoms with Gasteiger partial charge in [0.15, 0.2) is 12.2 Å². The molecule has 8 nitrogen and oxygen atoms in total. The van der Waals surface area contributed by atoms with Crippen LogP contribution in [0.1, 0.15) is 27.7 Å². The Hall–Kier alpha value is -1.32. The van der Waals surface area contributed by atoms with Crippen molar-refractivity contribution >= 4 is 31.3 Å². The molecule has 1 amide bonds. The molecule has 0 bridgehead atoms. The van der Waals surface area contributed by atoms with Crippen molar-refractivity contribution in [3.63, 3.8) is 0 Å². The van der Waals surface area contributed by atoms with E-state index in [9.17, 15) is 24.6 Å². The molecule has 0 heterocycles. The predicted octanol–water partition coefficient (Wildman–Crippen LogP) is -1.00. The zero-order valence-electron chi connectivity index (χ0n) is 12.4. The Bertz CT molecular complexity index is 373.